The second-order valence-corrected chi connectivity index (χ2v) is 4.14. The van der Waals surface area contributed by atoms with Crippen LogP contribution >= 0.6 is 0 Å². The van der Waals surface area contributed by atoms with Crippen molar-refractivity contribution in [2.24, 2.45) is 0 Å². The zero-order valence-corrected chi connectivity index (χ0v) is 7.56. The molecule has 0 radical (unpaired) electrons. The lowest BCUT2D eigenvalue weighted by molar-refractivity contribution is 0.0395. The summed E-state index contributed by atoms with van der Waals surface area (Å²) in [4.78, 5) is 1.86. The summed E-state index contributed by atoms with van der Waals surface area (Å²) < 4.78 is 0. The average molecular weight is 175 g/mol. The molecule has 0 aromatic rings. The molecule has 4 heteroatoms. The van der Waals surface area contributed by atoms with Crippen molar-refractivity contribution in [2.45, 2.75) is 31.7 Å². The molecule has 1 aliphatic heterocycles. The van der Waals surface area contributed by atoms with Gasteiger partial charge in [0.15, 0.2) is 0 Å². The van der Waals surface area contributed by atoms with E-state index in [2.05, 4.69) is 0 Å². The van der Waals surface area contributed by atoms with E-state index in [0.29, 0.717) is 19.6 Å². The lowest BCUT2D eigenvalue weighted by Gasteiger charge is -2.24. The van der Waals surface area contributed by atoms with E-state index in [1.165, 1.54) is 0 Å². The Morgan fingerprint density at radius 1 is 1.25 bits per heavy atom. The van der Waals surface area contributed by atoms with Crippen LogP contribution in [0.5, 0.6) is 0 Å². The van der Waals surface area contributed by atoms with E-state index >= 15 is 0 Å². The molecule has 3 N–H and O–H groups in total. The second-order valence-electron chi connectivity index (χ2n) is 4.14. The van der Waals surface area contributed by atoms with Crippen LogP contribution in [0.4, 0.5) is 0 Å². The first-order valence-electron chi connectivity index (χ1n) is 4.19. The number of hydrogen-bond acceptors (Lipinski definition) is 4. The van der Waals surface area contributed by atoms with Gasteiger partial charge in [0.1, 0.15) is 0 Å². The SMILES string of the molecule is CC(C)(O)CN1C[C@@H](O)[C@@H](O)C1. The third kappa shape index (κ3) is 2.71. The summed E-state index contributed by atoms with van der Waals surface area (Å²) in [5.41, 5.74) is -0.760. The van der Waals surface area contributed by atoms with Crippen molar-refractivity contribution in [3.63, 3.8) is 0 Å². The number of nitrogens with zero attached hydrogens (tertiary/aromatic N) is 1. The summed E-state index contributed by atoms with van der Waals surface area (Å²) in [6.07, 6.45) is -1.32. The van der Waals surface area contributed by atoms with Gasteiger partial charge in [-0.2, -0.15) is 0 Å². The summed E-state index contributed by atoms with van der Waals surface area (Å²) in [5, 5.41) is 27.8. The first-order chi connectivity index (χ1) is 5.38. The van der Waals surface area contributed by atoms with Crippen LogP contribution in [0, 0.1) is 0 Å². The maximum atomic E-state index is 9.45. The molecule has 4 nitrogen and oxygen atoms in total. The second kappa shape index (κ2) is 3.30. The maximum Gasteiger partial charge on any atom is 0.0938 e. The van der Waals surface area contributed by atoms with Gasteiger partial charge in [0, 0.05) is 19.6 Å². The van der Waals surface area contributed by atoms with Gasteiger partial charge in [-0.25, -0.2) is 0 Å². The molecule has 0 aromatic heterocycles. The molecule has 0 aromatic carbocycles. The summed E-state index contributed by atoms with van der Waals surface area (Å²) in [7, 11) is 0. The van der Waals surface area contributed by atoms with E-state index in [0.717, 1.165) is 0 Å². The van der Waals surface area contributed by atoms with Crippen LogP contribution in [-0.4, -0.2) is 57.7 Å². The topological polar surface area (TPSA) is 63.9 Å². The monoisotopic (exact) mass is 175 g/mol. The van der Waals surface area contributed by atoms with Crippen LogP contribution in [0.25, 0.3) is 0 Å². The van der Waals surface area contributed by atoms with Crippen molar-refractivity contribution in [3.05, 3.63) is 0 Å². The van der Waals surface area contributed by atoms with Gasteiger partial charge in [0.05, 0.1) is 17.8 Å². The molecular weight excluding hydrogens is 158 g/mol. The minimum atomic E-state index is -0.760. The highest BCUT2D eigenvalue weighted by Gasteiger charge is 2.31. The quantitative estimate of drug-likeness (QED) is 0.493. The Balaban J connectivity index is 2.38. The molecule has 2 atom stereocenters. The highest BCUT2D eigenvalue weighted by molar-refractivity contribution is 4.86. The molecular formula is C8H17NO3. The van der Waals surface area contributed by atoms with Crippen LogP contribution in [0.1, 0.15) is 13.8 Å². The first kappa shape index (κ1) is 9.92. The summed E-state index contributed by atoms with van der Waals surface area (Å²) in [6, 6.07) is 0. The van der Waals surface area contributed by atoms with Crippen LogP contribution in [-0.2, 0) is 0 Å². The van der Waals surface area contributed by atoms with Crippen molar-refractivity contribution in [1.29, 1.82) is 0 Å². The highest BCUT2D eigenvalue weighted by Crippen LogP contribution is 2.13. The van der Waals surface area contributed by atoms with E-state index in [-0.39, 0.29) is 0 Å². The number of β-amino-alcohol motifs (C(OH)–C–C–N with tert-alkyl or cyclic N) is 3. The fourth-order valence-electron chi connectivity index (χ4n) is 1.52. The molecule has 12 heavy (non-hydrogen) atoms. The molecule has 1 saturated heterocycles. The third-order valence-electron chi connectivity index (χ3n) is 1.95. The highest BCUT2D eigenvalue weighted by atomic mass is 16.3. The Kier molecular flexibility index (Phi) is 2.73. The molecule has 0 unspecified atom stereocenters. The van der Waals surface area contributed by atoms with Gasteiger partial charge in [0.2, 0.25) is 0 Å². The molecule has 0 bridgehead atoms. The van der Waals surface area contributed by atoms with E-state index in [1.807, 2.05) is 4.90 Å². The lowest BCUT2D eigenvalue weighted by atomic mass is 10.1. The van der Waals surface area contributed by atoms with Crippen molar-refractivity contribution in [1.82, 2.24) is 4.90 Å². The molecule has 1 fully saturated rings. The molecule has 0 saturated carbocycles. The predicted octanol–water partition coefficient (Wildman–Crippen LogP) is -1.21. The molecule has 0 spiro atoms. The molecule has 1 aliphatic rings. The number of aliphatic hydroxyl groups is 3. The zero-order valence-electron chi connectivity index (χ0n) is 7.56. The van der Waals surface area contributed by atoms with Crippen molar-refractivity contribution < 1.29 is 15.3 Å². The van der Waals surface area contributed by atoms with E-state index in [9.17, 15) is 15.3 Å². The smallest absolute Gasteiger partial charge is 0.0938 e. The first-order valence-corrected chi connectivity index (χ1v) is 4.19. The third-order valence-corrected chi connectivity index (χ3v) is 1.95. The van der Waals surface area contributed by atoms with Crippen LogP contribution < -0.4 is 0 Å². The fraction of sp³-hybridized carbons (Fsp3) is 1.00. The van der Waals surface area contributed by atoms with Crippen LogP contribution in [0.3, 0.4) is 0 Å². The van der Waals surface area contributed by atoms with Gasteiger partial charge in [-0.3, -0.25) is 4.90 Å². The minimum absolute atomic E-state index is 0.450. The predicted molar refractivity (Wildman–Crippen MR) is 44.8 cm³/mol. The van der Waals surface area contributed by atoms with Gasteiger partial charge in [-0.05, 0) is 13.8 Å². The Morgan fingerprint density at radius 2 is 1.67 bits per heavy atom. The van der Waals surface area contributed by atoms with Gasteiger partial charge < -0.3 is 15.3 Å². The lowest BCUT2D eigenvalue weighted by Crippen LogP contribution is -2.37. The number of likely N-dealkylation sites (tertiary alicyclic amines) is 1. The zero-order chi connectivity index (χ0) is 9.35. The summed E-state index contributed by atoms with van der Waals surface area (Å²) in [5.74, 6) is 0. The van der Waals surface area contributed by atoms with Gasteiger partial charge in [-0.1, -0.05) is 0 Å². The average Bonchev–Trinajstić information content (AvgIpc) is 2.07. The Bertz CT molecular complexity index is 145. The summed E-state index contributed by atoms with van der Waals surface area (Å²) >= 11 is 0. The number of hydrogen-bond donors (Lipinski definition) is 3. The van der Waals surface area contributed by atoms with E-state index in [4.69, 9.17) is 0 Å². The van der Waals surface area contributed by atoms with Crippen LogP contribution in [0.15, 0.2) is 0 Å². The van der Waals surface area contributed by atoms with Crippen molar-refractivity contribution in [2.75, 3.05) is 19.6 Å². The van der Waals surface area contributed by atoms with Crippen molar-refractivity contribution in [3.8, 4) is 0 Å². The standard InChI is InChI=1S/C8H17NO3/c1-8(2,12)5-9-3-6(10)7(11)4-9/h6-7,10-12H,3-5H2,1-2H3/t6-,7+. The minimum Gasteiger partial charge on any atom is -0.389 e. The summed E-state index contributed by atoms with van der Waals surface area (Å²) in [6.45, 7) is 4.81. The number of rotatable bonds is 2. The van der Waals surface area contributed by atoms with Gasteiger partial charge in [-0.15, -0.1) is 0 Å². The largest absolute Gasteiger partial charge is 0.389 e. The van der Waals surface area contributed by atoms with Crippen LogP contribution in [0.2, 0.25) is 0 Å². The Morgan fingerprint density at radius 3 is 2.00 bits per heavy atom. The van der Waals surface area contributed by atoms with Gasteiger partial charge in [0.25, 0.3) is 0 Å². The Labute approximate surface area is 72.4 Å². The molecule has 1 rings (SSSR count). The van der Waals surface area contributed by atoms with Gasteiger partial charge >= 0.3 is 0 Å². The molecule has 1 heterocycles. The number of aliphatic hydroxyl groups excluding tert-OH is 2. The Hall–Kier alpha value is -0.160. The molecule has 0 amide bonds. The van der Waals surface area contributed by atoms with E-state index in [1.54, 1.807) is 13.8 Å². The maximum absolute atomic E-state index is 9.45. The molecule has 72 valence electrons. The fourth-order valence-corrected chi connectivity index (χ4v) is 1.52. The molecule has 0 aliphatic carbocycles. The van der Waals surface area contributed by atoms with Crippen molar-refractivity contribution >= 4 is 0 Å². The van der Waals surface area contributed by atoms with E-state index < -0.39 is 17.8 Å². The normalized spacial score (nSPS) is 32.8.